The summed E-state index contributed by atoms with van der Waals surface area (Å²) in [4.78, 5) is 16.8. The Hall–Kier alpha value is -1.81. The number of carboxylic acids is 1. The Morgan fingerprint density at radius 2 is 1.94 bits per heavy atom. The number of aromatic carboxylic acids is 1. The van der Waals surface area contributed by atoms with Crippen LogP contribution in [0.2, 0.25) is 0 Å². The molecule has 0 aliphatic carbocycles. The van der Waals surface area contributed by atoms with E-state index in [2.05, 4.69) is 4.98 Å². The van der Waals surface area contributed by atoms with Gasteiger partial charge < -0.3 is 5.11 Å². The van der Waals surface area contributed by atoms with Gasteiger partial charge in [0.25, 0.3) is 0 Å². The van der Waals surface area contributed by atoms with E-state index in [4.69, 9.17) is 5.11 Å². The van der Waals surface area contributed by atoms with Crippen molar-refractivity contribution in [2.24, 2.45) is 0 Å². The lowest BCUT2D eigenvalue weighted by atomic mass is 10.1. The zero-order valence-electron chi connectivity index (χ0n) is 9.25. The van der Waals surface area contributed by atoms with Crippen LogP contribution in [0.3, 0.4) is 0 Å². The number of hydrogen-bond acceptors (Lipinski definition) is 3. The van der Waals surface area contributed by atoms with Crippen LogP contribution in [0.4, 0.5) is 0 Å². The van der Waals surface area contributed by atoms with E-state index in [0.717, 1.165) is 15.4 Å². The molecular weight excluding hydrogens is 234 g/mol. The molecule has 0 unspecified atom stereocenters. The lowest BCUT2D eigenvalue weighted by Gasteiger charge is -2.08. The summed E-state index contributed by atoms with van der Waals surface area (Å²) in [5, 5.41) is 9.14. The van der Waals surface area contributed by atoms with Crippen LogP contribution in [-0.2, 0) is 0 Å². The molecule has 1 aromatic carbocycles. The predicted molar refractivity (Wildman–Crippen MR) is 66.5 cm³/mol. The molecule has 0 aliphatic rings. The molecular formula is C13H11NO2S. The first-order valence-electron chi connectivity index (χ1n) is 5.09. The van der Waals surface area contributed by atoms with E-state index in [1.165, 1.54) is 11.8 Å². The van der Waals surface area contributed by atoms with E-state index in [0.29, 0.717) is 5.56 Å². The lowest BCUT2D eigenvalue weighted by Crippen LogP contribution is -2.00. The van der Waals surface area contributed by atoms with Crippen LogP contribution < -0.4 is 0 Å². The van der Waals surface area contributed by atoms with Crippen molar-refractivity contribution in [3.05, 3.63) is 53.9 Å². The molecule has 0 bridgehead atoms. The number of carboxylic acid groups (broad SMARTS) is 1. The summed E-state index contributed by atoms with van der Waals surface area (Å²) in [6, 6.07) is 9.02. The van der Waals surface area contributed by atoms with Crippen LogP contribution in [0.25, 0.3) is 0 Å². The van der Waals surface area contributed by atoms with Crippen LogP contribution in [0, 0.1) is 6.92 Å². The quantitative estimate of drug-likeness (QED) is 0.901. The number of pyridine rings is 1. The molecule has 0 amide bonds. The van der Waals surface area contributed by atoms with E-state index in [1.807, 2.05) is 25.1 Å². The van der Waals surface area contributed by atoms with Crippen LogP contribution >= 0.6 is 11.8 Å². The molecule has 86 valence electrons. The monoisotopic (exact) mass is 245 g/mol. The first kappa shape index (κ1) is 11.7. The summed E-state index contributed by atoms with van der Waals surface area (Å²) in [7, 11) is 0. The van der Waals surface area contributed by atoms with Crippen molar-refractivity contribution in [2.45, 2.75) is 16.7 Å². The fourth-order valence-corrected chi connectivity index (χ4v) is 2.47. The van der Waals surface area contributed by atoms with Crippen molar-refractivity contribution in [3.63, 3.8) is 0 Å². The molecule has 0 saturated carbocycles. The Morgan fingerprint density at radius 1 is 1.24 bits per heavy atom. The largest absolute Gasteiger partial charge is 0.478 e. The lowest BCUT2D eigenvalue weighted by molar-refractivity contribution is 0.0693. The molecule has 1 aromatic heterocycles. The number of benzene rings is 1. The van der Waals surface area contributed by atoms with Crippen molar-refractivity contribution in [2.75, 3.05) is 0 Å². The highest BCUT2D eigenvalue weighted by atomic mass is 32.2. The van der Waals surface area contributed by atoms with Crippen LogP contribution in [0.5, 0.6) is 0 Å². The average molecular weight is 245 g/mol. The van der Waals surface area contributed by atoms with Crippen molar-refractivity contribution in [3.8, 4) is 0 Å². The third kappa shape index (κ3) is 2.65. The number of carbonyl (C=O) groups is 1. The second-order valence-electron chi connectivity index (χ2n) is 3.54. The van der Waals surface area contributed by atoms with Gasteiger partial charge in [-0.3, -0.25) is 4.98 Å². The van der Waals surface area contributed by atoms with E-state index in [9.17, 15) is 4.79 Å². The predicted octanol–water partition coefficient (Wildman–Crippen LogP) is 3.24. The minimum atomic E-state index is -0.898. The normalized spacial score (nSPS) is 10.2. The second kappa shape index (κ2) is 5.01. The van der Waals surface area contributed by atoms with Gasteiger partial charge in [0.1, 0.15) is 0 Å². The van der Waals surface area contributed by atoms with Gasteiger partial charge in [-0.15, -0.1) is 0 Å². The third-order valence-electron chi connectivity index (χ3n) is 2.31. The van der Waals surface area contributed by atoms with Crippen molar-refractivity contribution < 1.29 is 9.90 Å². The minimum absolute atomic E-state index is 0.340. The zero-order chi connectivity index (χ0) is 12.3. The summed E-state index contributed by atoms with van der Waals surface area (Å²) < 4.78 is 0. The fraction of sp³-hybridized carbons (Fsp3) is 0.0769. The van der Waals surface area contributed by atoms with Gasteiger partial charge in [-0.25, -0.2) is 4.79 Å². The highest BCUT2D eigenvalue weighted by molar-refractivity contribution is 7.99. The Morgan fingerprint density at radius 3 is 2.59 bits per heavy atom. The summed E-state index contributed by atoms with van der Waals surface area (Å²) in [5.74, 6) is -0.898. The molecule has 2 rings (SSSR count). The maximum Gasteiger partial charge on any atom is 0.336 e. The number of aromatic nitrogens is 1. The van der Waals surface area contributed by atoms with Crippen molar-refractivity contribution in [1.82, 2.24) is 4.98 Å². The van der Waals surface area contributed by atoms with Crippen molar-refractivity contribution >= 4 is 17.7 Å². The Balaban J connectivity index is 2.41. The third-order valence-corrected chi connectivity index (χ3v) is 3.57. The molecule has 2 aromatic rings. The van der Waals surface area contributed by atoms with Gasteiger partial charge in [-0.2, -0.15) is 0 Å². The van der Waals surface area contributed by atoms with Gasteiger partial charge in [0.15, 0.2) is 0 Å². The molecule has 4 heteroatoms. The molecule has 0 spiro atoms. The summed E-state index contributed by atoms with van der Waals surface area (Å²) in [6.45, 7) is 1.91. The maximum atomic E-state index is 11.1. The SMILES string of the molecule is Cc1cccc(C(=O)O)c1Sc1ccncc1. The van der Waals surface area contributed by atoms with Crippen LogP contribution in [0.1, 0.15) is 15.9 Å². The number of aryl methyl sites for hydroxylation is 1. The molecule has 1 N–H and O–H groups in total. The van der Waals surface area contributed by atoms with E-state index in [-0.39, 0.29) is 0 Å². The first-order valence-corrected chi connectivity index (χ1v) is 5.91. The Bertz CT molecular complexity index is 540. The molecule has 3 nitrogen and oxygen atoms in total. The number of rotatable bonds is 3. The van der Waals surface area contributed by atoms with Crippen molar-refractivity contribution in [1.29, 1.82) is 0 Å². The first-order chi connectivity index (χ1) is 8.18. The molecule has 0 saturated heterocycles. The Labute approximate surface area is 104 Å². The summed E-state index contributed by atoms with van der Waals surface area (Å²) in [6.07, 6.45) is 3.39. The molecule has 0 radical (unpaired) electrons. The standard InChI is InChI=1S/C13H11NO2S/c1-9-3-2-4-11(13(15)16)12(9)17-10-5-7-14-8-6-10/h2-8H,1H3,(H,15,16). The average Bonchev–Trinajstić information content (AvgIpc) is 2.33. The highest BCUT2D eigenvalue weighted by Crippen LogP contribution is 2.32. The zero-order valence-corrected chi connectivity index (χ0v) is 10.1. The van der Waals surface area contributed by atoms with Gasteiger partial charge >= 0.3 is 5.97 Å². The summed E-state index contributed by atoms with van der Waals surface area (Å²) >= 11 is 1.45. The van der Waals surface area contributed by atoms with Crippen LogP contribution in [0.15, 0.2) is 52.5 Å². The molecule has 1 heterocycles. The fourth-order valence-electron chi connectivity index (χ4n) is 1.48. The van der Waals surface area contributed by atoms with Gasteiger partial charge in [-0.05, 0) is 30.7 Å². The van der Waals surface area contributed by atoms with Gasteiger partial charge in [0.2, 0.25) is 0 Å². The topological polar surface area (TPSA) is 50.2 Å². The van der Waals surface area contributed by atoms with E-state index < -0.39 is 5.97 Å². The van der Waals surface area contributed by atoms with E-state index >= 15 is 0 Å². The minimum Gasteiger partial charge on any atom is -0.478 e. The Kier molecular flexibility index (Phi) is 3.44. The molecule has 0 fully saturated rings. The molecule has 0 atom stereocenters. The van der Waals surface area contributed by atoms with Crippen LogP contribution in [-0.4, -0.2) is 16.1 Å². The molecule has 17 heavy (non-hydrogen) atoms. The second-order valence-corrected chi connectivity index (χ2v) is 4.63. The van der Waals surface area contributed by atoms with Gasteiger partial charge in [-0.1, -0.05) is 23.9 Å². The number of hydrogen-bond donors (Lipinski definition) is 1. The van der Waals surface area contributed by atoms with Gasteiger partial charge in [0, 0.05) is 22.2 Å². The van der Waals surface area contributed by atoms with Gasteiger partial charge in [0.05, 0.1) is 5.56 Å². The van der Waals surface area contributed by atoms with E-state index in [1.54, 1.807) is 24.5 Å². The number of nitrogens with zero attached hydrogens (tertiary/aromatic N) is 1. The molecule has 0 aliphatic heterocycles. The maximum absolute atomic E-state index is 11.1. The summed E-state index contributed by atoms with van der Waals surface area (Å²) in [5.41, 5.74) is 1.30. The smallest absolute Gasteiger partial charge is 0.336 e. The highest BCUT2D eigenvalue weighted by Gasteiger charge is 2.12.